The lowest BCUT2D eigenvalue weighted by molar-refractivity contribution is -0.123. The molecule has 0 radical (unpaired) electrons. The Morgan fingerprint density at radius 3 is 2.24 bits per heavy atom. The Morgan fingerprint density at radius 1 is 1.10 bits per heavy atom. The van der Waals surface area contributed by atoms with Crippen molar-refractivity contribution in [3.05, 3.63) is 0 Å². The second-order valence-electron chi connectivity index (χ2n) is 6.74. The Balaban J connectivity index is 2.01. The number of hydrogen-bond acceptors (Lipinski definition) is 3. The molecular formula is C16H29N3O2. The maximum Gasteiger partial charge on any atom is 0.221 e. The number of hydrogen-bond donors (Lipinski definition) is 3. The molecule has 2 aliphatic carbocycles. The smallest absolute Gasteiger partial charge is 0.221 e. The van der Waals surface area contributed by atoms with E-state index in [9.17, 15) is 4.79 Å². The average Bonchev–Trinajstić information content (AvgIpc) is 2.93. The van der Waals surface area contributed by atoms with E-state index in [1.807, 2.05) is 0 Å². The van der Waals surface area contributed by atoms with Crippen LogP contribution in [0.25, 0.3) is 0 Å². The fourth-order valence-electron chi connectivity index (χ4n) is 3.84. The molecule has 2 saturated carbocycles. The third-order valence-electron chi connectivity index (χ3n) is 5.13. The molecule has 4 N–H and O–H groups in total. The van der Waals surface area contributed by atoms with E-state index in [0.29, 0.717) is 12.3 Å². The van der Waals surface area contributed by atoms with Gasteiger partial charge in [-0.25, -0.2) is 0 Å². The molecule has 0 aromatic heterocycles. The lowest BCUT2D eigenvalue weighted by Crippen LogP contribution is -2.58. The van der Waals surface area contributed by atoms with Gasteiger partial charge in [0.25, 0.3) is 0 Å². The van der Waals surface area contributed by atoms with Gasteiger partial charge in [-0.3, -0.25) is 4.79 Å². The summed E-state index contributed by atoms with van der Waals surface area (Å²) in [7, 11) is 0. The topological polar surface area (TPSA) is 87.7 Å². The molecular weight excluding hydrogens is 266 g/mol. The van der Waals surface area contributed by atoms with Crippen LogP contribution in [0.15, 0.2) is 5.16 Å². The highest BCUT2D eigenvalue weighted by molar-refractivity contribution is 5.93. The van der Waals surface area contributed by atoms with Crippen molar-refractivity contribution in [1.29, 1.82) is 0 Å². The SMILES string of the molecule is N/C(=N/O)C1(NC(=O)CC2CCCC2)CCCCCCC1. The molecule has 2 fully saturated rings. The molecule has 2 aliphatic rings. The molecule has 0 heterocycles. The molecule has 0 aromatic rings. The van der Waals surface area contributed by atoms with Gasteiger partial charge in [0.1, 0.15) is 5.54 Å². The van der Waals surface area contributed by atoms with E-state index in [1.54, 1.807) is 0 Å². The van der Waals surface area contributed by atoms with Gasteiger partial charge in [-0.15, -0.1) is 0 Å². The molecule has 0 aromatic carbocycles. The number of amidine groups is 1. The summed E-state index contributed by atoms with van der Waals surface area (Å²) in [6, 6.07) is 0. The van der Waals surface area contributed by atoms with Crippen molar-refractivity contribution in [2.45, 2.75) is 82.6 Å². The average molecular weight is 295 g/mol. The molecule has 1 amide bonds. The number of carbonyl (C=O) groups is 1. The van der Waals surface area contributed by atoms with Gasteiger partial charge in [-0.05, 0) is 31.6 Å². The molecule has 0 bridgehead atoms. The van der Waals surface area contributed by atoms with E-state index >= 15 is 0 Å². The van der Waals surface area contributed by atoms with Gasteiger partial charge in [-0.2, -0.15) is 0 Å². The third-order valence-corrected chi connectivity index (χ3v) is 5.13. The van der Waals surface area contributed by atoms with Crippen LogP contribution in [0.1, 0.15) is 77.0 Å². The zero-order valence-electron chi connectivity index (χ0n) is 12.9. The highest BCUT2D eigenvalue weighted by atomic mass is 16.4. The van der Waals surface area contributed by atoms with Crippen LogP contribution in [0.2, 0.25) is 0 Å². The van der Waals surface area contributed by atoms with E-state index in [0.717, 1.165) is 51.4 Å². The summed E-state index contributed by atoms with van der Waals surface area (Å²) >= 11 is 0. The van der Waals surface area contributed by atoms with Gasteiger partial charge in [0, 0.05) is 6.42 Å². The fourth-order valence-corrected chi connectivity index (χ4v) is 3.84. The molecule has 0 atom stereocenters. The molecule has 0 unspecified atom stereocenters. The first-order valence-corrected chi connectivity index (χ1v) is 8.45. The van der Waals surface area contributed by atoms with E-state index in [1.165, 1.54) is 19.3 Å². The first-order valence-electron chi connectivity index (χ1n) is 8.45. The van der Waals surface area contributed by atoms with Gasteiger partial charge < -0.3 is 16.3 Å². The summed E-state index contributed by atoms with van der Waals surface area (Å²) in [5.41, 5.74) is 5.31. The molecule has 0 spiro atoms. The van der Waals surface area contributed by atoms with Crippen molar-refractivity contribution in [2.75, 3.05) is 0 Å². The van der Waals surface area contributed by atoms with E-state index in [2.05, 4.69) is 10.5 Å². The van der Waals surface area contributed by atoms with Crippen molar-refractivity contribution >= 4 is 11.7 Å². The van der Waals surface area contributed by atoms with Crippen molar-refractivity contribution in [1.82, 2.24) is 5.32 Å². The highest BCUT2D eigenvalue weighted by Crippen LogP contribution is 2.30. The Kier molecular flexibility index (Phi) is 5.88. The van der Waals surface area contributed by atoms with E-state index < -0.39 is 5.54 Å². The maximum atomic E-state index is 12.4. The minimum atomic E-state index is -0.634. The molecule has 0 aliphatic heterocycles. The van der Waals surface area contributed by atoms with Gasteiger partial charge >= 0.3 is 0 Å². The van der Waals surface area contributed by atoms with Crippen molar-refractivity contribution in [3.8, 4) is 0 Å². The van der Waals surface area contributed by atoms with E-state index in [-0.39, 0.29) is 11.7 Å². The maximum absolute atomic E-state index is 12.4. The zero-order valence-corrected chi connectivity index (χ0v) is 12.9. The lowest BCUT2D eigenvalue weighted by atomic mass is 9.82. The summed E-state index contributed by atoms with van der Waals surface area (Å²) in [6.45, 7) is 0. The second kappa shape index (κ2) is 7.66. The summed E-state index contributed by atoms with van der Waals surface area (Å²) in [5.74, 6) is 0.751. The standard InChI is InChI=1S/C16H29N3O2/c17-15(19-21)16(10-6-2-1-3-7-11-16)18-14(20)12-13-8-4-5-9-13/h13,21H,1-12H2,(H2,17,19)(H,18,20). The van der Waals surface area contributed by atoms with Gasteiger partial charge in [0.05, 0.1) is 0 Å². The number of rotatable bonds is 4. The van der Waals surface area contributed by atoms with Gasteiger partial charge in [0.15, 0.2) is 5.84 Å². The second-order valence-corrected chi connectivity index (χ2v) is 6.74. The minimum Gasteiger partial charge on any atom is -0.409 e. The van der Waals surface area contributed by atoms with Crippen LogP contribution < -0.4 is 11.1 Å². The Labute approximate surface area is 127 Å². The summed E-state index contributed by atoms with van der Waals surface area (Å²) in [6.07, 6.45) is 12.5. The molecule has 5 heteroatoms. The molecule has 21 heavy (non-hydrogen) atoms. The van der Waals surface area contributed by atoms with Gasteiger partial charge in [0.2, 0.25) is 5.91 Å². The predicted octanol–water partition coefficient (Wildman–Crippen LogP) is 2.91. The predicted molar refractivity (Wildman–Crippen MR) is 83.2 cm³/mol. The summed E-state index contributed by atoms with van der Waals surface area (Å²) < 4.78 is 0. The number of nitrogens with two attached hydrogens (primary N) is 1. The van der Waals surface area contributed by atoms with Crippen molar-refractivity contribution in [2.24, 2.45) is 16.8 Å². The molecule has 5 nitrogen and oxygen atoms in total. The van der Waals surface area contributed by atoms with Crippen molar-refractivity contribution in [3.63, 3.8) is 0 Å². The first kappa shape index (κ1) is 16.1. The van der Waals surface area contributed by atoms with E-state index in [4.69, 9.17) is 10.9 Å². The van der Waals surface area contributed by atoms with Crippen LogP contribution in [0.5, 0.6) is 0 Å². The van der Waals surface area contributed by atoms with Crippen LogP contribution >= 0.6 is 0 Å². The Hall–Kier alpha value is -1.26. The van der Waals surface area contributed by atoms with Crippen LogP contribution in [-0.2, 0) is 4.79 Å². The Bertz CT molecular complexity index is 368. The number of carbonyl (C=O) groups excluding carboxylic acids is 1. The van der Waals surface area contributed by atoms with Crippen molar-refractivity contribution < 1.29 is 10.0 Å². The fraction of sp³-hybridized carbons (Fsp3) is 0.875. The first-order chi connectivity index (χ1) is 10.2. The number of nitrogens with zero attached hydrogens (tertiary/aromatic N) is 1. The largest absolute Gasteiger partial charge is 0.409 e. The lowest BCUT2D eigenvalue weighted by Gasteiger charge is -2.35. The Morgan fingerprint density at radius 2 is 1.67 bits per heavy atom. The summed E-state index contributed by atoms with van der Waals surface area (Å²) in [5, 5.41) is 15.5. The molecule has 2 rings (SSSR count). The van der Waals surface area contributed by atoms with Crippen LogP contribution in [0.4, 0.5) is 0 Å². The number of oxime groups is 1. The number of nitrogens with one attached hydrogen (secondary N) is 1. The van der Waals surface area contributed by atoms with Crippen LogP contribution in [0, 0.1) is 5.92 Å². The monoisotopic (exact) mass is 295 g/mol. The normalized spacial score (nSPS) is 24.3. The quantitative estimate of drug-likeness (QED) is 0.322. The molecule has 0 saturated heterocycles. The van der Waals surface area contributed by atoms with Crippen LogP contribution in [-0.4, -0.2) is 22.5 Å². The molecule has 120 valence electrons. The third kappa shape index (κ3) is 4.35. The summed E-state index contributed by atoms with van der Waals surface area (Å²) in [4.78, 5) is 12.4. The zero-order chi connectivity index (χ0) is 15.1. The van der Waals surface area contributed by atoms with Gasteiger partial charge in [-0.1, -0.05) is 50.1 Å². The minimum absolute atomic E-state index is 0.0640. The number of amides is 1. The highest BCUT2D eigenvalue weighted by Gasteiger charge is 2.37. The van der Waals surface area contributed by atoms with Crippen LogP contribution in [0.3, 0.4) is 0 Å².